The first kappa shape index (κ1) is 25.6. The molecule has 0 aliphatic carbocycles. The van der Waals surface area contributed by atoms with E-state index in [0.29, 0.717) is 33.7 Å². The molecule has 4 aromatic heterocycles. The number of carbonyl (C=O) groups excluding carboxylic acids is 1. The van der Waals surface area contributed by atoms with Crippen LogP contribution in [0.2, 0.25) is 0 Å². The topological polar surface area (TPSA) is 146 Å². The molecule has 13 heteroatoms. The van der Waals surface area contributed by atoms with E-state index in [0.717, 1.165) is 16.9 Å². The number of amides is 1. The molecule has 0 aliphatic heterocycles. The highest BCUT2D eigenvalue weighted by Gasteiger charge is 2.20. The molecule has 0 bridgehead atoms. The van der Waals surface area contributed by atoms with Gasteiger partial charge < -0.3 is 11.1 Å². The lowest BCUT2D eigenvalue weighted by atomic mass is 10.1. The summed E-state index contributed by atoms with van der Waals surface area (Å²) in [5, 5.41) is 12.0. The van der Waals surface area contributed by atoms with Crippen molar-refractivity contribution in [1.82, 2.24) is 34.5 Å². The highest BCUT2D eigenvalue weighted by Crippen LogP contribution is 2.30. The van der Waals surface area contributed by atoms with E-state index in [1.54, 1.807) is 24.3 Å². The third-order valence-corrected chi connectivity index (χ3v) is 5.97. The Balaban J connectivity index is 1.47. The minimum absolute atomic E-state index is 0.0103. The number of hydrogen-bond donors (Lipinski definition) is 2. The van der Waals surface area contributed by atoms with E-state index in [2.05, 4.69) is 30.5 Å². The van der Waals surface area contributed by atoms with Crippen molar-refractivity contribution in [3.63, 3.8) is 0 Å². The number of anilines is 2. The van der Waals surface area contributed by atoms with Gasteiger partial charge in [0.15, 0.2) is 11.5 Å². The van der Waals surface area contributed by atoms with E-state index >= 15 is 0 Å². The zero-order valence-corrected chi connectivity index (χ0v) is 21.0. The molecule has 0 atom stereocenters. The first-order chi connectivity index (χ1) is 18.8. The van der Waals surface area contributed by atoms with Crippen LogP contribution in [0.15, 0.2) is 59.8 Å². The predicted molar refractivity (Wildman–Crippen MR) is 141 cm³/mol. The normalized spacial score (nSPS) is 11.3. The molecule has 0 aliphatic rings. The van der Waals surface area contributed by atoms with Crippen LogP contribution < -0.4 is 16.6 Å². The zero-order chi connectivity index (χ0) is 27.7. The Morgan fingerprint density at radius 3 is 2.51 bits per heavy atom. The molecule has 1 aromatic carbocycles. The summed E-state index contributed by atoms with van der Waals surface area (Å²) >= 11 is 0. The lowest BCUT2D eigenvalue weighted by Gasteiger charge is -2.12. The van der Waals surface area contributed by atoms with Gasteiger partial charge in [-0.15, -0.1) is 0 Å². The van der Waals surface area contributed by atoms with Crippen molar-refractivity contribution < 1.29 is 13.6 Å². The number of nitrogens with two attached hydrogens (primary N) is 1. The van der Waals surface area contributed by atoms with Gasteiger partial charge in [0, 0.05) is 11.3 Å². The SMILES string of the molecule is CC(C)c1cc(C(=O)Nc2ccc(-c3nn(CCF)c4ncnc(N)c34)cc2)c(=O)n(-c2ccc(F)cn2)n1. The summed E-state index contributed by atoms with van der Waals surface area (Å²) in [7, 11) is 0. The third kappa shape index (κ3) is 4.93. The summed E-state index contributed by atoms with van der Waals surface area (Å²) in [6.45, 7) is 3.12. The van der Waals surface area contributed by atoms with Crippen LogP contribution in [-0.2, 0) is 6.54 Å². The second-order valence-electron chi connectivity index (χ2n) is 8.94. The maximum absolute atomic E-state index is 13.4. The molecule has 198 valence electrons. The number of nitrogens with one attached hydrogen (secondary N) is 1. The Hall–Kier alpha value is -5.07. The van der Waals surface area contributed by atoms with E-state index in [9.17, 15) is 18.4 Å². The number of carbonyl (C=O) groups is 1. The number of hydrogen-bond acceptors (Lipinski definition) is 8. The number of aryl methyl sites for hydroxylation is 1. The summed E-state index contributed by atoms with van der Waals surface area (Å²) in [6.07, 6.45) is 2.26. The number of benzene rings is 1. The van der Waals surface area contributed by atoms with E-state index in [1.165, 1.54) is 23.1 Å². The van der Waals surface area contributed by atoms with E-state index in [1.807, 2.05) is 13.8 Å². The van der Waals surface area contributed by atoms with E-state index in [4.69, 9.17) is 5.73 Å². The van der Waals surface area contributed by atoms with Crippen LogP contribution >= 0.6 is 0 Å². The molecular formula is C26H23F2N9O2. The van der Waals surface area contributed by atoms with Crippen LogP contribution in [0.3, 0.4) is 0 Å². The molecule has 0 fully saturated rings. The van der Waals surface area contributed by atoms with Crippen molar-refractivity contribution in [1.29, 1.82) is 0 Å². The Kier molecular flexibility index (Phi) is 6.79. The smallest absolute Gasteiger partial charge is 0.285 e. The number of nitrogen functional groups attached to an aromatic ring is 1. The van der Waals surface area contributed by atoms with Crippen molar-refractivity contribution >= 4 is 28.4 Å². The number of nitrogens with zero attached hydrogens (tertiary/aromatic N) is 7. The van der Waals surface area contributed by atoms with Crippen LogP contribution in [0, 0.1) is 5.82 Å². The second-order valence-corrected chi connectivity index (χ2v) is 8.94. The largest absolute Gasteiger partial charge is 0.383 e. The quantitative estimate of drug-likeness (QED) is 0.324. The molecule has 0 spiro atoms. The summed E-state index contributed by atoms with van der Waals surface area (Å²) in [5.74, 6) is -1.02. The van der Waals surface area contributed by atoms with Crippen LogP contribution in [0.5, 0.6) is 0 Å². The standard InChI is InChI=1S/C26H23F2N9O2/c1-14(2)19-11-18(26(39)37(34-19)20-8-5-16(28)12-30-20)25(38)33-17-6-3-15(4-7-17)22-21-23(29)31-13-32-24(21)36(35-22)10-9-27/h3-8,11-14H,9-10H2,1-2H3,(H,33,38)(H2,29,31,32). The van der Waals surface area contributed by atoms with Gasteiger partial charge in [0.1, 0.15) is 35.9 Å². The molecule has 0 saturated carbocycles. The lowest BCUT2D eigenvalue weighted by Crippen LogP contribution is -2.31. The number of fused-ring (bicyclic) bond motifs is 1. The fourth-order valence-corrected chi connectivity index (χ4v) is 3.99. The first-order valence-electron chi connectivity index (χ1n) is 12.0. The van der Waals surface area contributed by atoms with Gasteiger partial charge >= 0.3 is 0 Å². The lowest BCUT2D eigenvalue weighted by molar-refractivity contribution is 0.102. The van der Waals surface area contributed by atoms with Crippen LogP contribution in [-0.4, -0.2) is 47.1 Å². The molecule has 4 heterocycles. The summed E-state index contributed by atoms with van der Waals surface area (Å²) in [4.78, 5) is 38.5. The van der Waals surface area contributed by atoms with Crippen LogP contribution in [0.1, 0.15) is 35.8 Å². The summed E-state index contributed by atoms with van der Waals surface area (Å²) in [5.41, 5.74) is 7.64. The highest BCUT2D eigenvalue weighted by atomic mass is 19.1. The number of pyridine rings is 1. The molecule has 5 rings (SSSR count). The average Bonchev–Trinajstić information content (AvgIpc) is 3.29. The van der Waals surface area contributed by atoms with Crippen molar-refractivity contribution in [2.75, 3.05) is 17.7 Å². The summed E-state index contributed by atoms with van der Waals surface area (Å²) in [6, 6.07) is 10.6. The van der Waals surface area contributed by atoms with Crippen molar-refractivity contribution in [3.05, 3.63) is 82.4 Å². The van der Waals surface area contributed by atoms with Crippen molar-refractivity contribution in [3.8, 4) is 17.1 Å². The first-order valence-corrected chi connectivity index (χ1v) is 12.0. The third-order valence-electron chi connectivity index (χ3n) is 5.97. The molecule has 0 saturated heterocycles. The molecule has 5 aromatic rings. The minimum Gasteiger partial charge on any atom is -0.383 e. The molecule has 3 N–H and O–H groups in total. The number of rotatable bonds is 7. The van der Waals surface area contributed by atoms with Crippen LogP contribution in [0.25, 0.3) is 28.1 Å². The Labute approximate surface area is 220 Å². The van der Waals surface area contributed by atoms with Gasteiger partial charge in [-0.2, -0.15) is 14.9 Å². The maximum Gasteiger partial charge on any atom is 0.285 e. The molecule has 0 unspecified atom stereocenters. The van der Waals surface area contributed by atoms with Gasteiger partial charge in [0.05, 0.1) is 23.8 Å². The minimum atomic E-state index is -0.701. The van der Waals surface area contributed by atoms with Gasteiger partial charge in [0.25, 0.3) is 11.5 Å². The van der Waals surface area contributed by atoms with Gasteiger partial charge in [-0.3, -0.25) is 9.59 Å². The number of aromatic nitrogens is 7. The van der Waals surface area contributed by atoms with Gasteiger partial charge in [0.2, 0.25) is 0 Å². The molecule has 0 radical (unpaired) electrons. The molecule has 39 heavy (non-hydrogen) atoms. The van der Waals surface area contributed by atoms with E-state index < -0.39 is 24.0 Å². The maximum atomic E-state index is 13.4. The fraction of sp³-hybridized carbons (Fsp3) is 0.192. The van der Waals surface area contributed by atoms with Gasteiger partial charge in [-0.25, -0.2) is 28.4 Å². The monoisotopic (exact) mass is 531 g/mol. The molecule has 1 amide bonds. The van der Waals surface area contributed by atoms with Crippen molar-refractivity contribution in [2.24, 2.45) is 0 Å². The Bertz CT molecular complexity index is 1730. The zero-order valence-electron chi connectivity index (χ0n) is 21.0. The predicted octanol–water partition coefficient (Wildman–Crippen LogP) is 3.50. The summed E-state index contributed by atoms with van der Waals surface area (Å²) < 4.78 is 28.8. The average molecular weight is 532 g/mol. The second kappa shape index (κ2) is 10.4. The van der Waals surface area contributed by atoms with E-state index in [-0.39, 0.29) is 29.7 Å². The number of halogens is 2. The molecular weight excluding hydrogens is 508 g/mol. The van der Waals surface area contributed by atoms with Crippen molar-refractivity contribution in [2.45, 2.75) is 26.3 Å². The van der Waals surface area contributed by atoms with Gasteiger partial charge in [-0.05, 0) is 36.2 Å². The van der Waals surface area contributed by atoms with Gasteiger partial charge in [-0.1, -0.05) is 26.0 Å². The Morgan fingerprint density at radius 2 is 1.85 bits per heavy atom. The molecule has 11 nitrogen and oxygen atoms in total. The Morgan fingerprint density at radius 1 is 1.08 bits per heavy atom. The fourth-order valence-electron chi connectivity index (χ4n) is 3.99. The number of alkyl halides is 1. The van der Waals surface area contributed by atoms with Crippen LogP contribution in [0.4, 0.5) is 20.3 Å². The highest BCUT2D eigenvalue weighted by molar-refractivity contribution is 6.04.